The molecule has 3 nitrogen and oxygen atoms in total. The summed E-state index contributed by atoms with van der Waals surface area (Å²) in [6.07, 6.45) is 10.5. The van der Waals surface area contributed by atoms with Gasteiger partial charge in [-0.1, -0.05) is 0 Å². The summed E-state index contributed by atoms with van der Waals surface area (Å²) < 4.78 is 0. The highest BCUT2D eigenvalue weighted by Gasteiger charge is 2.46. The monoisotopic (exact) mass is 246 g/mol. The minimum Gasteiger partial charge on any atom is -0.316 e. The summed E-state index contributed by atoms with van der Waals surface area (Å²) in [6, 6.07) is 1.19. The summed E-state index contributed by atoms with van der Waals surface area (Å²) in [5.41, 5.74) is 1.55. The van der Waals surface area contributed by atoms with E-state index in [4.69, 9.17) is 0 Å². The maximum atomic E-state index is 12.1. The molecule has 0 saturated carbocycles. The van der Waals surface area contributed by atoms with Gasteiger partial charge in [0, 0.05) is 24.7 Å². The fourth-order valence-electron chi connectivity index (χ4n) is 4.72. The van der Waals surface area contributed by atoms with Gasteiger partial charge >= 0.3 is 0 Å². The quantitative estimate of drug-likeness (QED) is 0.654. The van der Waals surface area contributed by atoms with Gasteiger partial charge in [0.25, 0.3) is 0 Å². The zero-order valence-corrected chi connectivity index (χ0v) is 11.0. The van der Waals surface area contributed by atoms with Crippen molar-refractivity contribution in [3.05, 3.63) is 11.8 Å². The number of hydrogen-bond acceptors (Lipinski definition) is 2. The lowest BCUT2D eigenvalue weighted by Crippen LogP contribution is -2.60. The topological polar surface area (TPSA) is 23.6 Å². The van der Waals surface area contributed by atoms with Crippen LogP contribution in [0.5, 0.6) is 0 Å². The van der Waals surface area contributed by atoms with Gasteiger partial charge in [-0.05, 0) is 63.1 Å². The van der Waals surface area contributed by atoms with Gasteiger partial charge in [-0.15, -0.1) is 0 Å². The Morgan fingerprint density at radius 1 is 1.06 bits per heavy atom. The van der Waals surface area contributed by atoms with Gasteiger partial charge < -0.3 is 4.90 Å². The average molecular weight is 246 g/mol. The van der Waals surface area contributed by atoms with Gasteiger partial charge in [-0.3, -0.25) is 9.69 Å². The van der Waals surface area contributed by atoms with Gasteiger partial charge in [0.1, 0.15) is 0 Å². The fourth-order valence-corrected chi connectivity index (χ4v) is 4.72. The third kappa shape index (κ3) is 1.49. The summed E-state index contributed by atoms with van der Waals surface area (Å²) in [5, 5.41) is 0. The third-order valence-corrected chi connectivity index (χ3v) is 5.41. The van der Waals surface area contributed by atoms with Crippen molar-refractivity contribution in [2.75, 3.05) is 13.1 Å². The molecule has 0 radical (unpaired) electrons. The fraction of sp³-hybridized carbons (Fsp3) is 0.800. The van der Waals surface area contributed by atoms with E-state index < -0.39 is 0 Å². The van der Waals surface area contributed by atoms with Gasteiger partial charge in [-0.2, -0.15) is 0 Å². The van der Waals surface area contributed by atoms with E-state index in [9.17, 15) is 4.79 Å². The first-order valence-corrected chi connectivity index (χ1v) is 7.60. The smallest absolute Gasteiger partial charge is 0.226 e. The van der Waals surface area contributed by atoms with Crippen LogP contribution in [0.15, 0.2) is 11.8 Å². The maximum absolute atomic E-state index is 12.1. The highest BCUT2D eigenvalue weighted by Crippen LogP contribution is 2.43. The lowest BCUT2D eigenvalue weighted by molar-refractivity contribution is -0.136. The Morgan fingerprint density at radius 3 is 2.89 bits per heavy atom. The minimum atomic E-state index is 0.375. The Morgan fingerprint density at radius 2 is 1.94 bits per heavy atom. The van der Waals surface area contributed by atoms with E-state index in [-0.39, 0.29) is 0 Å². The molecule has 0 bridgehead atoms. The molecule has 0 aromatic heterocycles. The summed E-state index contributed by atoms with van der Waals surface area (Å²) in [5.74, 6) is 1.10. The Hall–Kier alpha value is -0.830. The predicted molar refractivity (Wildman–Crippen MR) is 69.9 cm³/mol. The van der Waals surface area contributed by atoms with E-state index >= 15 is 0 Å². The molecular formula is C15H22N2O. The molecule has 0 aromatic carbocycles. The number of rotatable bonds is 0. The number of nitrogens with zero attached hydrogens (tertiary/aromatic N) is 2. The predicted octanol–water partition coefficient (Wildman–Crippen LogP) is 2.14. The van der Waals surface area contributed by atoms with Crippen molar-refractivity contribution in [1.29, 1.82) is 0 Å². The third-order valence-electron chi connectivity index (χ3n) is 5.41. The molecule has 4 heterocycles. The van der Waals surface area contributed by atoms with Crippen molar-refractivity contribution in [2.45, 2.75) is 57.0 Å². The molecule has 4 rings (SSSR count). The molecule has 0 spiro atoms. The number of hydrogen-bond donors (Lipinski definition) is 0. The second-order valence-corrected chi connectivity index (χ2v) is 6.36. The van der Waals surface area contributed by atoms with Crippen molar-refractivity contribution in [3.8, 4) is 0 Å². The summed E-state index contributed by atoms with van der Waals surface area (Å²) in [7, 11) is 0. The van der Waals surface area contributed by atoms with Crippen LogP contribution in [0.1, 0.15) is 44.9 Å². The van der Waals surface area contributed by atoms with Crippen LogP contribution >= 0.6 is 0 Å². The first-order valence-electron chi connectivity index (χ1n) is 7.60. The standard InChI is InChI=1S/C15H22N2O/c18-14-7-1-6-13-12-5-3-9-16-8-2-4-11(15(12)16)10-17(13)14/h10,12-13,15H,1-9H2/t12-,13+,15-/m1/s1. The van der Waals surface area contributed by atoms with Crippen molar-refractivity contribution >= 4 is 5.91 Å². The molecule has 3 fully saturated rings. The Balaban J connectivity index is 1.74. The molecule has 0 aliphatic carbocycles. The number of amides is 1. The molecular weight excluding hydrogens is 224 g/mol. The van der Waals surface area contributed by atoms with Crippen molar-refractivity contribution in [2.24, 2.45) is 5.92 Å². The van der Waals surface area contributed by atoms with Crippen LogP contribution < -0.4 is 0 Å². The van der Waals surface area contributed by atoms with E-state index in [0.29, 0.717) is 18.0 Å². The molecule has 18 heavy (non-hydrogen) atoms. The molecule has 3 atom stereocenters. The van der Waals surface area contributed by atoms with Crippen LogP contribution in [-0.2, 0) is 4.79 Å². The summed E-state index contributed by atoms with van der Waals surface area (Å²) in [6.45, 7) is 2.55. The van der Waals surface area contributed by atoms with Gasteiger partial charge in [-0.25, -0.2) is 0 Å². The zero-order chi connectivity index (χ0) is 12.1. The Kier molecular flexibility index (Phi) is 2.51. The van der Waals surface area contributed by atoms with Crippen LogP contribution in [0.25, 0.3) is 0 Å². The van der Waals surface area contributed by atoms with E-state index in [0.717, 1.165) is 18.8 Å². The number of fused-ring (bicyclic) bond motifs is 2. The first-order chi connectivity index (χ1) is 8.84. The Labute approximate surface area is 109 Å². The van der Waals surface area contributed by atoms with E-state index in [1.54, 1.807) is 5.57 Å². The van der Waals surface area contributed by atoms with Crippen LogP contribution in [0.2, 0.25) is 0 Å². The van der Waals surface area contributed by atoms with Crippen molar-refractivity contribution in [1.82, 2.24) is 9.80 Å². The average Bonchev–Trinajstić information content (AvgIpc) is 2.41. The van der Waals surface area contributed by atoms with E-state index in [1.165, 1.54) is 45.2 Å². The molecule has 98 valence electrons. The number of piperidine rings is 3. The van der Waals surface area contributed by atoms with E-state index in [2.05, 4.69) is 16.0 Å². The first kappa shape index (κ1) is 11.0. The molecule has 0 aromatic rings. The van der Waals surface area contributed by atoms with Crippen molar-refractivity contribution < 1.29 is 4.79 Å². The molecule has 3 heteroatoms. The molecule has 4 aliphatic rings. The lowest BCUT2D eigenvalue weighted by Gasteiger charge is -2.54. The van der Waals surface area contributed by atoms with Gasteiger partial charge in [0.2, 0.25) is 5.91 Å². The largest absolute Gasteiger partial charge is 0.316 e. The van der Waals surface area contributed by atoms with Crippen molar-refractivity contribution in [3.63, 3.8) is 0 Å². The number of carbonyl (C=O) groups is 1. The highest BCUT2D eigenvalue weighted by atomic mass is 16.2. The maximum Gasteiger partial charge on any atom is 0.226 e. The molecule has 0 N–H and O–H groups in total. The van der Waals surface area contributed by atoms with Crippen LogP contribution in [0.3, 0.4) is 0 Å². The second-order valence-electron chi connectivity index (χ2n) is 6.36. The van der Waals surface area contributed by atoms with Crippen LogP contribution in [-0.4, -0.2) is 40.9 Å². The minimum absolute atomic E-state index is 0.375. The summed E-state index contributed by atoms with van der Waals surface area (Å²) >= 11 is 0. The highest BCUT2D eigenvalue weighted by molar-refractivity contribution is 5.78. The molecule has 1 amide bonds. The van der Waals surface area contributed by atoms with Gasteiger partial charge in [0.05, 0.1) is 0 Å². The normalized spacial score (nSPS) is 40.0. The van der Waals surface area contributed by atoms with E-state index in [1.807, 2.05) is 0 Å². The molecule has 0 unspecified atom stereocenters. The van der Waals surface area contributed by atoms with Crippen LogP contribution in [0, 0.1) is 5.92 Å². The lowest BCUT2D eigenvalue weighted by atomic mass is 9.72. The molecule has 3 saturated heterocycles. The summed E-state index contributed by atoms with van der Waals surface area (Å²) in [4.78, 5) is 16.9. The van der Waals surface area contributed by atoms with Gasteiger partial charge in [0.15, 0.2) is 0 Å². The second kappa shape index (κ2) is 4.09. The molecule has 4 aliphatic heterocycles. The zero-order valence-electron chi connectivity index (χ0n) is 11.0. The SMILES string of the molecule is O=C1CCC[C@H]2[C@H]3CCCN4CCCC(=CN12)[C@H]34. The van der Waals surface area contributed by atoms with Crippen LogP contribution in [0.4, 0.5) is 0 Å². The Bertz CT molecular complexity index is 401. The number of carbonyl (C=O) groups excluding carboxylic acids is 1.